The Bertz CT molecular complexity index is 1000. The molecule has 8 heteroatoms. The molecule has 7 nitrogen and oxygen atoms in total. The lowest BCUT2D eigenvalue weighted by atomic mass is 10.1. The first kappa shape index (κ1) is 24.1. The van der Waals surface area contributed by atoms with E-state index in [-0.39, 0.29) is 5.91 Å². The number of piperidine rings is 1. The first-order valence-electron chi connectivity index (χ1n) is 11.0. The second-order valence-corrected chi connectivity index (χ2v) is 9.82. The molecule has 2 aromatic rings. The fraction of sp³-hybridized carbons (Fsp3) is 0.458. The molecule has 1 aliphatic rings. The highest BCUT2D eigenvalue weighted by molar-refractivity contribution is 7.89. The number of methoxy groups -OCH3 is 2. The number of nitrogens with one attached hydrogen (secondary N) is 1. The molecule has 0 spiro atoms. The molecule has 0 bridgehead atoms. The lowest BCUT2D eigenvalue weighted by Gasteiger charge is -2.25. The number of hydrogen-bond acceptors (Lipinski definition) is 5. The van der Waals surface area contributed by atoms with Crippen molar-refractivity contribution in [2.75, 3.05) is 33.9 Å². The van der Waals surface area contributed by atoms with E-state index < -0.39 is 10.0 Å². The summed E-state index contributed by atoms with van der Waals surface area (Å²) in [5.41, 5.74) is 1.94. The Morgan fingerprint density at radius 3 is 2.34 bits per heavy atom. The van der Waals surface area contributed by atoms with E-state index in [0.29, 0.717) is 43.8 Å². The van der Waals surface area contributed by atoms with E-state index in [1.54, 1.807) is 42.8 Å². The quantitative estimate of drug-likeness (QED) is 0.589. The molecule has 0 unspecified atom stereocenters. The van der Waals surface area contributed by atoms with Gasteiger partial charge in [-0.3, -0.25) is 4.79 Å². The Hall–Kier alpha value is -2.58. The Labute approximate surface area is 190 Å². The van der Waals surface area contributed by atoms with Crippen molar-refractivity contribution >= 4 is 15.9 Å². The van der Waals surface area contributed by atoms with Crippen molar-refractivity contribution in [3.63, 3.8) is 0 Å². The normalized spacial score (nSPS) is 14.7. The first-order chi connectivity index (χ1) is 15.4. The summed E-state index contributed by atoms with van der Waals surface area (Å²) < 4.78 is 37.6. The van der Waals surface area contributed by atoms with Crippen molar-refractivity contribution in [2.24, 2.45) is 0 Å². The molecule has 0 atom stereocenters. The zero-order valence-corrected chi connectivity index (χ0v) is 19.6. The third-order valence-electron chi connectivity index (χ3n) is 5.73. The zero-order chi connectivity index (χ0) is 23.0. The molecule has 3 rings (SSSR count). The molecule has 1 saturated heterocycles. The van der Waals surface area contributed by atoms with Crippen LogP contribution in [0.2, 0.25) is 0 Å². The number of rotatable bonds is 10. The average molecular weight is 461 g/mol. The van der Waals surface area contributed by atoms with Gasteiger partial charge in [0.05, 0.1) is 19.1 Å². The summed E-state index contributed by atoms with van der Waals surface area (Å²) in [6.07, 6.45) is 4.47. The fourth-order valence-corrected chi connectivity index (χ4v) is 5.34. The van der Waals surface area contributed by atoms with Crippen molar-refractivity contribution < 1.29 is 22.7 Å². The summed E-state index contributed by atoms with van der Waals surface area (Å²) in [6, 6.07) is 12.5. The molecule has 1 fully saturated rings. The standard InChI is InChI=1S/C24H32N2O5S/c1-30-21-10-9-20(23(18-21)31-2)14-15-25-24(27)13-8-19-6-11-22(12-7-19)32(28,29)26-16-4-3-5-17-26/h6-7,9-12,18H,3-5,8,13-17H2,1-2H3,(H,25,27). The van der Waals surface area contributed by atoms with Crippen LogP contribution in [0.15, 0.2) is 47.4 Å². The molecule has 174 valence electrons. The van der Waals surface area contributed by atoms with Gasteiger partial charge in [0.15, 0.2) is 0 Å². The second kappa shape index (κ2) is 11.3. The van der Waals surface area contributed by atoms with Crippen molar-refractivity contribution in [2.45, 2.75) is 43.4 Å². The van der Waals surface area contributed by atoms with E-state index in [9.17, 15) is 13.2 Å². The van der Waals surface area contributed by atoms with Crippen molar-refractivity contribution in [1.29, 1.82) is 0 Å². The highest BCUT2D eigenvalue weighted by Crippen LogP contribution is 2.25. The van der Waals surface area contributed by atoms with Gasteiger partial charge >= 0.3 is 0 Å². The zero-order valence-electron chi connectivity index (χ0n) is 18.8. The topological polar surface area (TPSA) is 84.9 Å². The van der Waals surface area contributed by atoms with Gasteiger partial charge in [-0.15, -0.1) is 0 Å². The van der Waals surface area contributed by atoms with E-state index in [0.717, 1.165) is 41.9 Å². The molecule has 1 N–H and O–H groups in total. The van der Waals surface area contributed by atoms with Crippen LogP contribution in [-0.4, -0.2) is 52.5 Å². The summed E-state index contributed by atoms with van der Waals surface area (Å²) in [7, 11) is -0.205. The number of hydrogen-bond donors (Lipinski definition) is 1. The van der Waals surface area contributed by atoms with E-state index in [2.05, 4.69) is 5.32 Å². The van der Waals surface area contributed by atoms with E-state index in [1.807, 2.05) is 18.2 Å². The molecule has 0 aromatic heterocycles. The summed E-state index contributed by atoms with van der Waals surface area (Å²) in [5, 5.41) is 2.93. The number of amides is 1. The van der Waals surface area contributed by atoms with Crippen molar-refractivity contribution in [3.05, 3.63) is 53.6 Å². The van der Waals surface area contributed by atoms with Crippen LogP contribution in [-0.2, 0) is 27.7 Å². The molecular formula is C24H32N2O5S. The summed E-state index contributed by atoms with van der Waals surface area (Å²) in [4.78, 5) is 12.5. The van der Waals surface area contributed by atoms with Gasteiger partial charge in [0.1, 0.15) is 11.5 Å². The van der Waals surface area contributed by atoms with Gasteiger partial charge < -0.3 is 14.8 Å². The minimum Gasteiger partial charge on any atom is -0.497 e. The number of carbonyl (C=O) groups is 1. The van der Waals surface area contributed by atoms with Crippen LogP contribution >= 0.6 is 0 Å². The van der Waals surface area contributed by atoms with Gasteiger partial charge in [0.2, 0.25) is 15.9 Å². The Kier molecular flexibility index (Phi) is 8.53. The summed E-state index contributed by atoms with van der Waals surface area (Å²) >= 11 is 0. The van der Waals surface area contributed by atoms with Crippen molar-refractivity contribution in [1.82, 2.24) is 9.62 Å². The van der Waals surface area contributed by atoms with Gasteiger partial charge in [-0.05, 0) is 55.0 Å². The molecule has 0 radical (unpaired) electrons. The van der Waals surface area contributed by atoms with Gasteiger partial charge in [0.25, 0.3) is 0 Å². The van der Waals surface area contributed by atoms with Crippen LogP contribution in [0.4, 0.5) is 0 Å². The van der Waals surface area contributed by atoms with Gasteiger partial charge in [-0.2, -0.15) is 4.31 Å². The highest BCUT2D eigenvalue weighted by atomic mass is 32.2. The maximum atomic E-state index is 12.7. The molecule has 1 amide bonds. The predicted molar refractivity (Wildman–Crippen MR) is 124 cm³/mol. The number of aryl methyl sites for hydroxylation is 1. The van der Waals surface area contributed by atoms with Crippen LogP contribution in [0.1, 0.15) is 36.8 Å². The summed E-state index contributed by atoms with van der Waals surface area (Å²) in [5.74, 6) is 1.42. The Balaban J connectivity index is 1.46. The first-order valence-corrected chi connectivity index (χ1v) is 12.4. The molecular weight excluding hydrogens is 428 g/mol. The molecule has 1 heterocycles. The van der Waals surface area contributed by atoms with Crippen LogP contribution in [0, 0.1) is 0 Å². The molecule has 1 aliphatic heterocycles. The number of benzene rings is 2. The predicted octanol–water partition coefficient (Wildman–Crippen LogP) is 3.17. The van der Waals surface area contributed by atoms with Crippen LogP contribution in [0.5, 0.6) is 11.5 Å². The highest BCUT2D eigenvalue weighted by Gasteiger charge is 2.25. The Morgan fingerprint density at radius 1 is 0.969 bits per heavy atom. The SMILES string of the molecule is COc1ccc(CCNC(=O)CCc2ccc(S(=O)(=O)N3CCCCC3)cc2)c(OC)c1. The van der Waals surface area contributed by atoms with Gasteiger partial charge in [-0.1, -0.05) is 24.6 Å². The minimum atomic E-state index is -3.42. The average Bonchev–Trinajstić information content (AvgIpc) is 2.83. The maximum Gasteiger partial charge on any atom is 0.243 e. The molecule has 0 aliphatic carbocycles. The summed E-state index contributed by atoms with van der Waals surface area (Å²) in [6.45, 7) is 1.69. The smallest absolute Gasteiger partial charge is 0.243 e. The largest absolute Gasteiger partial charge is 0.497 e. The van der Waals surface area contributed by atoms with Crippen LogP contribution < -0.4 is 14.8 Å². The fourth-order valence-electron chi connectivity index (χ4n) is 3.82. The molecule has 2 aromatic carbocycles. The lowest BCUT2D eigenvalue weighted by molar-refractivity contribution is -0.121. The maximum absolute atomic E-state index is 12.7. The minimum absolute atomic E-state index is 0.0394. The third kappa shape index (κ3) is 6.23. The van der Waals surface area contributed by atoms with Gasteiger partial charge in [-0.25, -0.2) is 8.42 Å². The second-order valence-electron chi connectivity index (χ2n) is 7.89. The van der Waals surface area contributed by atoms with Crippen LogP contribution in [0.3, 0.4) is 0 Å². The lowest BCUT2D eigenvalue weighted by Crippen LogP contribution is -2.35. The third-order valence-corrected chi connectivity index (χ3v) is 7.64. The van der Waals surface area contributed by atoms with Gasteiger partial charge in [0, 0.05) is 32.1 Å². The number of nitrogens with zero attached hydrogens (tertiary/aromatic N) is 1. The number of ether oxygens (including phenoxy) is 2. The number of sulfonamides is 1. The Morgan fingerprint density at radius 2 is 1.69 bits per heavy atom. The van der Waals surface area contributed by atoms with Crippen molar-refractivity contribution in [3.8, 4) is 11.5 Å². The molecule has 0 saturated carbocycles. The van der Waals surface area contributed by atoms with E-state index >= 15 is 0 Å². The number of carbonyl (C=O) groups excluding carboxylic acids is 1. The molecule has 32 heavy (non-hydrogen) atoms. The van der Waals surface area contributed by atoms with E-state index in [4.69, 9.17) is 9.47 Å². The van der Waals surface area contributed by atoms with Crippen LogP contribution in [0.25, 0.3) is 0 Å². The monoisotopic (exact) mass is 460 g/mol. The van der Waals surface area contributed by atoms with E-state index in [1.165, 1.54) is 0 Å².